The number of hydrogen-bond acceptors (Lipinski definition) is 7. The van der Waals surface area contributed by atoms with Crippen molar-refractivity contribution in [2.75, 3.05) is 12.5 Å². The Hall–Kier alpha value is -3.78. The first-order chi connectivity index (χ1) is 14.2. The van der Waals surface area contributed by atoms with E-state index in [0.29, 0.717) is 0 Å². The molecule has 0 aliphatic heterocycles. The number of methoxy groups -OCH3 is 1. The van der Waals surface area contributed by atoms with Crippen LogP contribution >= 0.6 is 11.3 Å². The maximum Gasteiger partial charge on any atom is 0.358 e. The van der Waals surface area contributed by atoms with Gasteiger partial charge in [-0.05, 0) is 23.8 Å². The maximum absolute atomic E-state index is 11.5. The van der Waals surface area contributed by atoms with Gasteiger partial charge in [-0.15, -0.1) is 11.3 Å². The van der Waals surface area contributed by atoms with Gasteiger partial charge in [0.05, 0.1) is 24.7 Å². The van der Waals surface area contributed by atoms with Gasteiger partial charge in [-0.1, -0.05) is 42.5 Å². The number of carbonyl (C=O) groups is 1. The van der Waals surface area contributed by atoms with Crippen molar-refractivity contribution in [1.82, 2.24) is 14.8 Å². The number of nitrogens with one attached hydrogen (secondary N) is 1. The number of esters is 1. The zero-order valence-corrected chi connectivity index (χ0v) is 16.3. The van der Waals surface area contributed by atoms with Crippen LogP contribution in [0.5, 0.6) is 0 Å². The first-order valence-electron chi connectivity index (χ1n) is 8.77. The highest BCUT2D eigenvalue weighted by molar-refractivity contribution is 7.14. The van der Waals surface area contributed by atoms with E-state index in [9.17, 15) is 4.79 Å². The average molecular weight is 403 g/mol. The number of benzene rings is 2. The molecule has 0 aliphatic rings. The molecule has 0 fully saturated rings. The van der Waals surface area contributed by atoms with Crippen molar-refractivity contribution < 1.29 is 9.53 Å². The number of ether oxygens (including phenoxy) is 1. The molecule has 4 aromatic rings. The van der Waals surface area contributed by atoms with E-state index in [0.717, 1.165) is 27.6 Å². The molecule has 0 saturated carbocycles. The van der Waals surface area contributed by atoms with Crippen LogP contribution in [0.25, 0.3) is 16.9 Å². The average Bonchev–Trinajstić information content (AvgIpc) is 3.45. The molecule has 8 heteroatoms. The molecule has 29 heavy (non-hydrogen) atoms. The summed E-state index contributed by atoms with van der Waals surface area (Å²) in [5.74, 6) is -0.462. The highest BCUT2D eigenvalue weighted by Crippen LogP contribution is 2.24. The normalized spacial score (nSPS) is 10.9. The lowest BCUT2D eigenvalue weighted by atomic mass is 10.2. The minimum Gasteiger partial charge on any atom is -0.464 e. The van der Waals surface area contributed by atoms with E-state index in [1.54, 1.807) is 23.2 Å². The fourth-order valence-electron chi connectivity index (χ4n) is 2.62. The molecule has 2 heterocycles. The number of hydrogen-bond donors (Lipinski definition) is 1. The second kappa shape index (κ2) is 8.49. The van der Waals surface area contributed by atoms with Crippen molar-refractivity contribution in [1.29, 1.82) is 0 Å². The van der Waals surface area contributed by atoms with Gasteiger partial charge in [0.2, 0.25) is 5.13 Å². The zero-order valence-electron chi connectivity index (χ0n) is 15.5. The maximum atomic E-state index is 11.5. The van der Waals surface area contributed by atoms with Gasteiger partial charge in [0, 0.05) is 17.1 Å². The molecule has 0 atom stereocenters. The monoisotopic (exact) mass is 403 g/mol. The molecule has 1 N–H and O–H groups in total. The van der Waals surface area contributed by atoms with E-state index in [4.69, 9.17) is 0 Å². The van der Waals surface area contributed by atoms with Crippen LogP contribution in [-0.2, 0) is 4.74 Å². The van der Waals surface area contributed by atoms with Crippen molar-refractivity contribution in [2.24, 2.45) is 5.10 Å². The lowest BCUT2D eigenvalue weighted by molar-refractivity contribution is 0.0593. The Morgan fingerprint density at radius 1 is 1.14 bits per heavy atom. The Bertz CT molecular complexity index is 1130. The van der Waals surface area contributed by atoms with Gasteiger partial charge in [0.25, 0.3) is 0 Å². The molecule has 4 rings (SSSR count). The van der Waals surface area contributed by atoms with Crippen molar-refractivity contribution in [3.8, 4) is 16.9 Å². The van der Waals surface area contributed by atoms with Crippen molar-refractivity contribution in [3.63, 3.8) is 0 Å². The molecule has 2 aromatic carbocycles. The lowest BCUT2D eigenvalue weighted by Crippen LogP contribution is -2.04. The largest absolute Gasteiger partial charge is 0.464 e. The molecule has 0 unspecified atom stereocenters. The van der Waals surface area contributed by atoms with Gasteiger partial charge >= 0.3 is 5.97 Å². The van der Waals surface area contributed by atoms with Crippen LogP contribution in [0.15, 0.2) is 77.3 Å². The van der Waals surface area contributed by atoms with Gasteiger partial charge in [-0.3, -0.25) is 5.43 Å². The third kappa shape index (κ3) is 4.39. The molecule has 2 aromatic heterocycles. The van der Waals surface area contributed by atoms with Gasteiger partial charge in [0.15, 0.2) is 5.69 Å². The summed E-state index contributed by atoms with van der Waals surface area (Å²) in [5.41, 5.74) is 6.97. The van der Waals surface area contributed by atoms with E-state index in [2.05, 4.69) is 25.3 Å². The summed E-state index contributed by atoms with van der Waals surface area (Å²) in [6.07, 6.45) is 3.43. The summed E-state index contributed by atoms with van der Waals surface area (Å²) in [6.45, 7) is 0. The number of anilines is 1. The van der Waals surface area contributed by atoms with Crippen LogP contribution < -0.4 is 5.43 Å². The highest BCUT2D eigenvalue weighted by atomic mass is 32.1. The quantitative estimate of drug-likeness (QED) is 0.296. The summed E-state index contributed by atoms with van der Waals surface area (Å²) in [6, 6.07) is 19.2. The van der Waals surface area contributed by atoms with Crippen LogP contribution in [-0.4, -0.2) is 34.1 Å². The summed E-state index contributed by atoms with van der Waals surface area (Å²) in [7, 11) is 1.33. The first kappa shape index (κ1) is 18.6. The van der Waals surface area contributed by atoms with Crippen molar-refractivity contribution in [3.05, 3.63) is 83.5 Å². The number of rotatable bonds is 6. The Balaban J connectivity index is 1.39. The van der Waals surface area contributed by atoms with E-state index in [-0.39, 0.29) is 5.69 Å². The second-order valence-electron chi connectivity index (χ2n) is 6.00. The van der Waals surface area contributed by atoms with E-state index >= 15 is 0 Å². The third-order valence-electron chi connectivity index (χ3n) is 4.09. The number of aromatic nitrogens is 3. The molecule has 0 radical (unpaired) electrons. The summed E-state index contributed by atoms with van der Waals surface area (Å²) in [5, 5.41) is 11.2. The summed E-state index contributed by atoms with van der Waals surface area (Å²) < 4.78 is 6.29. The Kier molecular flexibility index (Phi) is 5.44. The van der Waals surface area contributed by atoms with E-state index in [1.165, 1.54) is 18.4 Å². The van der Waals surface area contributed by atoms with Gasteiger partial charge in [0.1, 0.15) is 0 Å². The standard InChI is InChI=1S/C21H17N5O2S/c1-28-20(27)18-11-12-26(25-18)17-9-7-15(8-10-17)13-22-24-21-23-19(14-29-21)16-5-3-2-4-6-16/h2-14H,1H3,(H,23,24). The fraction of sp³-hybridized carbons (Fsp3) is 0.0476. The smallest absolute Gasteiger partial charge is 0.358 e. The molecule has 0 aliphatic carbocycles. The zero-order chi connectivity index (χ0) is 20.1. The fourth-order valence-corrected chi connectivity index (χ4v) is 3.29. The summed E-state index contributed by atoms with van der Waals surface area (Å²) in [4.78, 5) is 16.0. The van der Waals surface area contributed by atoms with Gasteiger partial charge < -0.3 is 4.74 Å². The van der Waals surface area contributed by atoms with Crippen molar-refractivity contribution in [2.45, 2.75) is 0 Å². The Labute approximate surface area is 171 Å². The van der Waals surface area contributed by atoms with Crippen molar-refractivity contribution >= 4 is 28.7 Å². The first-order valence-corrected chi connectivity index (χ1v) is 9.65. The molecule has 0 saturated heterocycles. The number of carbonyl (C=O) groups excluding carboxylic acids is 1. The molecular formula is C21H17N5O2S. The van der Waals surface area contributed by atoms with Crippen LogP contribution in [0, 0.1) is 0 Å². The minimum atomic E-state index is -0.462. The molecule has 0 bridgehead atoms. The minimum absolute atomic E-state index is 0.264. The van der Waals surface area contributed by atoms with Crippen LogP contribution in [0.2, 0.25) is 0 Å². The Morgan fingerprint density at radius 2 is 1.93 bits per heavy atom. The Morgan fingerprint density at radius 3 is 2.69 bits per heavy atom. The predicted molar refractivity (Wildman–Crippen MR) is 114 cm³/mol. The second-order valence-corrected chi connectivity index (χ2v) is 6.86. The third-order valence-corrected chi connectivity index (χ3v) is 4.84. The van der Waals surface area contributed by atoms with Gasteiger partial charge in [-0.2, -0.15) is 10.2 Å². The van der Waals surface area contributed by atoms with Gasteiger partial charge in [-0.25, -0.2) is 14.5 Å². The molecular weight excluding hydrogens is 386 g/mol. The van der Waals surface area contributed by atoms with Crippen LogP contribution in [0.4, 0.5) is 5.13 Å². The molecule has 144 valence electrons. The van der Waals surface area contributed by atoms with Crippen LogP contribution in [0.1, 0.15) is 16.1 Å². The molecule has 7 nitrogen and oxygen atoms in total. The lowest BCUT2D eigenvalue weighted by Gasteiger charge is -2.01. The number of thiazole rings is 1. The SMILES string of the molecule is COC(=O)c1ccn(-c2ccc(C=NNc3nc(-c4ccccc4)cs3)cc2)n1. The highest BCUT2D eigenvalue weighted by Gasteiger charge is 2.09. The number of hydrazone groups is 1. The molecule has 0 amide bonds. The van der Waals surface area contributed by atoms with E-state index < -0.39 is 5.97 Å². The summed E-state index contributed by atoms with van der Waals surface area (Å²) >= 11 is 1.50. The van der Waals surface area contributed by atoms with E-state index in [1.807, 2.05) is 60.0 Å². The van der Waals surface area contributed by atoms with Crippen LogP contribution in [0.3, 0.4) is 0 Å². The molecule has 0 spiro atoms. The predicted octanol–water partition coefficient (Wildman–Crippen LogP) is 4.23. The number of nitrogens with zero attached hydrogens (tertiary/aromatic N) is 4. The topological polar surface area (TPSA) is 81.4 Å².